The summed E-state index contributed by atoms with van der Waals surface area (Å²) < 4.78 is 17.0. The Morgan fingerprint density at radius 2 is 0.470 bits per heavy atom. The van der Waals surface area contributed by atoms with Crippen LogP contribution in [0.2, 0.25) is 0 Å². The molecule has 0 aliphatic rings. The van der Waals surface area contributed by atoms with Crippen LogP contribution in [0.5, 0.6) is 0 Å². The molecule has 0 aliphatic heterocycles. The molecule has 1 atom stereocenters. The van der Waals surface area contributed by atoms with Crippen molar-refractivity contribution in [3.63, 3.8) is 0 Å². The molecule has 83 heavy (non-hydrogen) atoms. The zero-order chi connectivity index (χ0) is 59.9. The van der Waals surface area contributed by atoms with Gasteiger partial charge in [-0.25, -0.2) is 0 Å². The maximum atomic E-state index is 12.9. The molecule has 6 heteroatoms. The van der Waals surface area contributed by atoms with Gasteiger partial charge < -0.3 is 14.2 Å². The van der Waals surface area contributed by atoms with Crippen molar-refractivity contribution < 1.29 is 28.6 Å². The number of carbonyl (C=O) groups is 3. The fraction of sp³-hybridized carbons (Fsp3) is 0.675. The quantitative estimate of drug-likeness (QED) is 0.0261. The minimum atomic E-state index is -0.793. The molecule has 0 aliphatic carbocycles. The van der Waals surface area contributed by atoms with Crippen LogP contribution in [0.4, 0.5) is 0 Å². The van der Waals surface area contributed by atoms with Crippen LogP contribution in [0.1, 0.15) is 316 Å². The molecule has 0 aromatic carbocycles. The number of hydrogen-bond donors (Lipinski definition) is 0. The molecule has 0 spiro atoms. The molecule has 0 radical (unpaired) electrons. The van der Waals surface area contributed by atoms with Gasteiger partial charge in [0, 0.05) is 19.3 Å². The first-order chi connectivity index (χ1) is 41.0. The summed E-state index contributed by atoms with van der Waals surface area (Å²) in [6, 6.07) is 0. The molecule has 0 heterocycles. The van der Waals surface area contributed by atoms with Gasteiger partial charge in [0.2, 0.25) is 0 Å². The lowest BCUT2D eigenvalue weighted by atomic mass is 10.0. The van der Waals surface area contributed by atoms with E-state index in [2.05, 4.69) is 154 Å². The molecule has 0 bridgehead atoms. The summed E-state index contributed by atoms with van der Waals surface area (Å²) in [6.45, 7) is 6.40. The molecule has 0 aromatic rings. The Labute approximate surface area is 513 Å². The fourth-order valence-electron chi connectivity index (χ4n) is 9.49. The molecule has 0 amide bonds. The predicted octanol–water partition coefficient (Wildman–Crippen LogP) is 24.1. The Morgan fingerprint density at radius 3 is 0.735 bits per heavy atom. The summed E-state index contributed by atoms with van der Waals surface area (Å²) in [5.74, 6) is -0.899. The molecule has 1 unspecified atom stereocenters. The van der Waals surface area contributed by atoms with Gasteiger partial charge in [0.25, 0.3) is 0 Å². The van der Waals surface area contributed by atoms with E-state index in [1.807, 2.05) is 0 Å². The van der Waals surface area contributed by atoms with Gasteiger partial charge in [0.1, 0.15) is 13.2 Å². The maximum Gasteiger partial charge on any atom is 0.306 e. The van der Waals surface area contributed by atoms with Crippen LogP contribution in [0, 0.1) is 0 Å². The Morgan fingerprint density at radius 1 is 0.253 bits per heavy atom. The number of allylic oxidation sites excluding steroid dienone is 22. The number of unbranched alkanes of at least 4 members (excludes halogenated alkanes) is 29. The topological polar surface area (TPSA) is 78.9 Å². The zero-order valence-electron chi connectivity index (χ0n) is 54.2. The third-order valence-corrected chi connectivity index (χ3v) is 14.6. The second-order valence-electron chi connectivity index (χ2n) is 22.7. The summed E-state index contributed by atoms with van der Waals surface area (Å²) in [7, 11) is 0. The van der Waals surface area contributed by atoms with Crippen LogP contribution in [-0.2, 0) is 28.6 Å². The highest BCUT2D eigenvalue weighted by molar-refractivity contribution is 5.71. The van der Waals surface area contributed by atoms with E-state index in [4.69, 9.17) is 14.2 Å². The molecule has 0 saturated heterocycles. The second kappa shape index (κ2) is 70.0. The van der Waals surface area contributed by atoms with Crippen molar-refractivity contribution in [2.24, 2.45) is 0 Å². The second-order valence-corrected chi connectivity index (χ2v) is 22.7. The van der Waals surface area contributed by atoms with E-state index in [9.17, 15) is 14.4 Å². The average molecular weight is 1150 g/mol. The average Bonchev–Trinajstić information content (AvgIpc) is 3.49. The molecule has 472 valence electrons. The van der Waals surface area contributed by atoms with Gasteiger partial charge in [-0.15, -0.1) is 0 Å². The monoisotopic (exact) mass is 1150 g/mol. The number of hydrogen-bond acceptors (Lipinski definition) is 6. The number of ether oxygens (including phenoxy) is 3. The van der Waals surface area contributed by atoms with Crippen LogP contribution in [0.15, 0.2) is 134 Å². The minimum absolute atomic E-state index is 0.0875. The summed E-state index contributed by atoms with van der Waals surface area (Å²) in [5.41, 5.74) is 0. The van der Waals surface area contributed by atoms with Gasteiger partial charge in [0.15, 0.2) is 6.10 Å². The number of rotatable bonds is 62. The lowest BCUT2D eigenvalue weighted by Gasteiger charge is -2.18. The van der Waals surface area contributed by atoms with Gasteiger partial charge in [-0.05, 0) is 135 Å². The third kappa shape index (κ3) is 68.2. The summed E-state index contributed by atoms with van der Waals surface area (Å²) >= 11 is 0. The van der Waals surface area contributed by atoms with E-state index in [0.29, 0.717) is 19.3 Å². The minimum Gasteiger partial charge on any atom is -0.462 e. The van der Waals surface area contributed by atoms with Crippen molar-refractivity contribution in [3.05, 3.63) is 134 Å². The Kier molecular flexibility index (Phi) is 66.3. The molecule has 0 N–H and O–H groups in total. The Balaban J connectivity index is 4.32. The predicted molar refractivity (Wildman–Crippen MR) is 362 cm³/mol. The van der Waals surface area contributed by atoms with E-state index in [1.165, 1.54) is 141 Å². The highest BCUT2D eigenvalue weighted by Crippen LogP contribution is 2.16. The molecular formula is C77H128O6. The lowest BCUT2D eigenvalue weighted by molar-refractivity contribution is -0.167. The first-order valence-corrected chi connectivity index (χ1v) is 34.7. The van der Waals surface area contributed by atoms with Crippen molar-refractivity contribution in [3.8, 4) is 0 Å². The van der Waals surface area contributed by atoms with Crippen LogP contribution in [0.3, 0.4) is 0 Å². The third-order valence-electron chi connectivity index (χ3n) is 14.6. The zero-order valence-corrected chi connectivity index (χ0v) is 54.2. The van der Waals surface area contributed by atoms with Crippen LogP contribution in [-0.4, -0.2) is 37.2 Å². The highest BCUT2D eigenvalue weighted by Gasteiger charge is 2.19. The summed E-state index contributed by atoms with van der Waals surface area (Å²) in [6.07, 6.45) is 98.9. The van der Waals surface area contributed by atoms with E-state index in [1.54, 1.807) is 0 Å². The van der Waals surface area contributed by atoms with E-state index in [-0.39, 0.29) is 31.1 Å². The van der Waals surface area contributed by atoms with Gasteiger partial charge in [-0.3, -0.25) is 14.4 Å². The molecule has 0 saturated carbocycles. The van der Waals surface area contributed by atoms with E-state index in [0.717, 1.165) is 135 Å². The normalized spacial score (nSPS) is 13.0. The number of esters is 3. The van der Waals surface area contributed by atoms with Crippen LogP contribution >= 0.6 is 0 Å². The Hall–Kier alpha value is -4.45. The van der Waals surface area contributed by atoms with Gasteiger partial charge in [0.05, 0.1) is 0 Å². The lowest BCUT2D eigenvalue weighted by Crippen LogP contribution is -2.30. The van der Waals surface area contributed by atoms with E-state index >= 15 is 0 Å². The van der Waals surface area contributed by atoms with Gasteiger partial charge in [-0.2, -0.15) is 0 Å². The SMILES string of the molecule is CC/C=C\C/C=C\C/C=C\C/C=C\C/C=C\C/C=C\CCCCCCCCCCCCCCC(=O)OCC(COC(=O)CCCCCCCCC/C=C\C/C=C\CCCCC)OC(=O)CCCCCCCCC/C=C\C/C=C\C/C=C\CC. The summed E-state index contributed by atoms with van der Waals surface area (Å²) in [4.78, 5) is 38.4. The van der Waals surface area contributed by atoms with Crippen molar-refractivity contribution in [2.45, 2.75) is 322 Å². The van der Waals surface area contributed by atoms with Gasteiger partial charge >= 0.3 is 17.9 Å². The van der Waals surface area contributed by atoms with Crippen molar-refractivity contribution in [1.82, 2.24) is 0 Å². The van der Waals surface area contributed by atoms with Gasteiger partial charge in [-0.1, -0.05) is 296 Å². The molecular weight excluding hydrogens is 1020 g/mol. The standard InChI is InChI=1S/C77H128O6/c1-4-7-10-13-16-19-22-25-28-31-32-33-34-35-36-37-38-39-40-41-42-43-44-47-49-52-55-58-61-64-67-70-76(79)82-73-74(83-77(80)71-68-65-62-59-56-53-50-46-30-27-24-21-18-15-12-9-6-3)72-81-75(78)69-66-63-60-57-54-51-48-45-29-26-23-20-17-14-11-8-5-2/h7,9-10,12,16-21,25-30,32-33,35-36,38-39,74H,4-6,8,11,13-15,22-24,31,34,37,40-73H2,1-3H3/b10-7-,12-9-,19-16-,20-17-,21-18-,28-25-,29-26-,30-27-,33-32-,36-35-,39-38-. The molecule has 0 fully saturated rings. The van der Waals surface area contributed by atoms with Crippen LogP contribution < -0.4 is 0 Å². The van der Waals surface area contributed by atoms with E-state index < -0.39 is 6.10 Å². The smallest absolute Gasteiger partial charge is 0.306 e. The largest absolute Gasteiger partial charge is 0.462 e. The fourth-order valence-corrected chi connectivity index (χ4v) is 9.49. The first-order valence-electron chi connectivity index (χ1n) is 34.7. The molecule has 0 aromatic heterocycles. The summed E-state index contributed by atoms with van der Waals surface area (Å²) in [5, 5.41) is 0. The first kappa shape index (κ1) is 78.5. The van der Waals surface area contributed by atoms with Crippen LogP contribution in [0.25, 0.3) is 0 Å². The van der Waals surface area contributed by atoms with Crippen molar-refractivity contribution in [1.29, 1.82) is 0 Å². The maximum absolute atomic E-state index is 12.9. The van der Waals surface area contributed by atoms with Crippen molar-refractivity contribution in [2.75, 3.05) is 13.2 Å². The molecule has 0 rings (SSSR count). The van der Waals surface area contributed by atoms with Crippen molar-refractivity contribution >= 4 is 17.9 Å². The number of carbonyl (C=O) groups excluding carboxylic acids is 3. The Bertz CT molecular complexity index is 1750. The highest BCUT2D eigenvalue weighted by atomic mass is 16.6. The molecule has 6 nitrogen and oxygen atoms in total.